The van der Waals surface area contributed by atoms with Crippen molar-refractivity contribution < 1.29 is 4.79 Å². The second-order valence-corrected chi connectivity index (χ2v) is 7.81. The van der Waals surface area contributed by atoms with E-state index >= 15 is 0 Å². The zero-order chi connectivity index (χ0) is 21.7. The van der Waals surface area contributed by atoms with Crippen LogP contribution in [-0.4, -0.2) is 20.8 Å². The number of hydrogen-bond acceptors (Lipinski definition) is 3. The molecule has 0 aliphatic rings. The van der Waals surface area contributed by atoms with Crippen LogP contribution in [0.3, 0.4) is 0 Å². The maximum Gasteiger partial charge on any atom is 0.269 e. The lowest BCUT2D eigenvalue weighted by molar-refractivity contribution is 0.0943. The number of amides is 1. The van der Waals surface area contributed by atoms with Gasteiger partial charge in [0.1, 0.15) is 0 Å². The van der Waals surface area contributed by atoms with Gasteiger partial charge in [-0.1, -0.05) is 54.1 Å². The van der Waals surface area contributed by atoms with Gasteiger partial charge in [0.25, 0.3) is 5.91 Å². The molecule has 0 fully saturated rings. The van der Waals surface area contributed by atoms with Crippen LogP contribution in [0, 0.1) is 13.8 Å². The third-order valence-corrected chi connectivity index (χ3v) is 5.55. The highest BCUT2D eigenvalue weighted by Crippen LogP contribution is 2.20. The van der Waals surface area contributed by atoms with E-state index in [9.17, 15) is 4.79 Å². The topological polar surface area (TPSA) is 71.0 Å². The second-order valence-electron chi connectivity index (χ2n) is 7.02. The van der Waals surface area contributed by atoms with Crippen LogP contribution in [0.25, 0.3) is 0 Å². The molecule has 1 amide bonds. The molecule has 0 aliphatic carbocycles. The molecule has 2 aromatic carbocycles. The Morgan fingerprint density at radius 1 is 1.10 bits per heavy atom. The average Bonchev–Trinajstić information content (AvgIpc) is 2.99. The summed E-state index contributed by atoms with van der Waals surface area (Å²) in [5.74, 6) is -0.271. The number of halogens is 1. The molecule has 0 unspecified atom stereocenters. The van der Waals surface area contributed by atoms with Crippen LogP contribution in [-0.2, 0) is 6.54 Å². The lowest BCUT2D eigenvalue weighted by Gasteiger charge is -2.17. The van der Waals surface area contributed by atoms with Gasteiger partial charge in [0.15, 0.2) is 5.11 Å². The number of hydrazine groups is 1. The van der Waals surface area contributed by atoms with E-state index in [-0.39, 0.29) is 11.9 Å². The number of thiocarbonyl (C=S) groups is 1. The molecular weight excluding hydrogens is 418 g/mol. The zero-order valence-electron chi connectivity index (χ0n) is 17.1. The highest BCUT2D eigenvalue weighted by molar-refractivity contribution is 7.80. The minimum Gasteiger partial charge on any atom is -0.355 e. The van der Waals surface area contributed by atoms with Crippen molar-refractivity contribution in [2.24, 2.45) is 0 Å². The third-order valence-electron chi connectivity index (χ3n) is 4.78. The fraction of sp³-hybridized carbons (Fsp3) is 0.227. The fourth-order valence-corrected chi connectivity index (χ4v) is 3.37. The van der Waals surface area contributed by atoms with E-state index in [1.807, 2.05) is 67.9 Å². The molecule has 0 saturated heterocycles. The first-order valence-corrected chi connectivity index (χ1v) is 10.3. The van der Waals surface area contributed by atoms with Crippen molar-refractivity contribution in [1.29, 1.82) is 0 Å². The molecule has 0 saturated carbocycles. The van der Waals surface area contributed by atoms with E-state index in [0.29, 0.717) is 22.2 Å². The summed E-state index contributed by atoms with van der Waals surface area (Å²) < 4.78 is 1.85. The van der Waals surface area contributed by atoms with E-state index in [1.165, 1.54) is 0 Å². The molecule has 0 aliphatic heterocycles. The minimum atomic E-state index is -0.271. The summed E-state index contributed by atoms with van der Waals surface area (Å²) in [6, 6.07) is 17.3. The van der Waals surface area contributed by atoms with E-state index in [0.717, 1.165) is 22.5 Å². The van der Waals surface area contributed by atoms with Crippen molar-refractivity contribution >= 4 is 34.8 Å². The number of aromatic nitrogens is 2. The number of aryl methyl sites for hydroxylation is 1. The second kappa shape index (κ2) is 9.73. The normalized spacial score (nSPS) is 11.6. The van der Waals surface area contributed by atoms with Crippen molar-refractivity contribution in [2.75, 3.05) is 0 Å². The predicted octanol–water partition coefficient (Wildman–Crippen LogP) is 4.07. The molecule has 156 valence electrons. The molecule has 0 radical (unpaired) electrons. The minimum absolute atomic E-state index is 0.0188. The van der Waals surface area contributed by atoms with Gasteiger partial charge < -0.3 is 5.32 Å². The maximum atomic E-state index is 12.4. The van der Waals surface area contributed by atoms with Gasteiger partial charge >= 0.3 is 0 Å². The summed E-state index contributed by atoms with van der Waals surface area (Å²) in [6.07, 6.45) is 0. The number of carbonyl (C=O) groups excluding carboxylic acids is 1. The number of nitrogens with zero attached hydrogens (tertiary/aromatic N) is 2. The van der Waals surface area contributed by atoms with Gasteiger partial charge in [0.2, 0.25) is 0 Å². The fourth-order valence-electron chi connectivity index (χ4n) is 3.01. The van der Waals surface area contributed by atoms with Gasteiger partial charge in [-0.05, 0) is 56.2 Å². The largest absolute Gasteiger partial charge is 0.355 e. The van der Waals surface area contributed by atoms with E-state index < -0.39 is 0 Å². The molecule has 1 heterocycles. The summed E-state index contributed by atoms with van der Waals surface area (Å²) in [5, 5.41) is 8.60. The number of rotatable bonds is 5. The van der Waals surface area contributed by atoms with Gasteiger partial charge in [-0.3, -0.25) is 20.3 Å². The van der Waals surface area contributed by atoms with E-state index in [4.69, 9.17) is 23.8 Å². The summed E-state index contributed by atoms with van der Waals surface area (Å²) in [6.45, 7) is 6.41. The number of benzene rings is 2. The van der Waals surface area contributed by atoms with Crippen LogP contribution >= 0.6 is 23.8 Å². The molecule has 30 heavy (non-hydrogen) atoms. The molecule has 3 rings (SSSR count). The quantitative estimate of drug-likeness (QED) is 0.411. The zero-order valence-corrected chi connectivity index (χ0v) is 18.6. The van der Waals surface area contributed by atoms with E-state index in [1.54, 1.807) is 12.1 Å². The smallest absolute Gasteiger partial charge is 0.269 e. The van der Waals surface area contributed by atoms with Crippen molar-refractivity contribution in [3.63, 3.8) is 0 Å². The Morgan fingerprint density at radius 3 is 2.37 bits per heavy atom. The Balaban J connectivity index is 1.52. The molecule has 0 bridgehead atoms. The molecule has 1 atom stereocenters. The SMILES string of the molecule is Cc1nn(Cc2ccc(C(=O)NNC(=S)N[C@H](C)c3ccccc3)cc2)c(C)c1Cl. The monoisotopic (exact) mass is 441 g/mol. The molecule has 8 heteroatoms. The van der Waals surface area contributed by atoms with Gasteiger partial charge in [-0.25, -0.2) is 0 Å². The summed E-state index contributed by atoms with van der Waals surface area (Å²) >= 11 is 11.5. The molecule has 1 aromatic heterocycles. The van der Waals surface area contributed by atoms with Crippen molar-refractivity contribution in [3.8, 4) is 0 Å². The highest BCUT2D eigenvalue weighted by Gasteiger charge is 2.11. The van der Waals surface area contributed by atoms with Crippen molar-refractivity contribution in [3.05, 3.63) is 87.7 Å². The van der Waals surface area contributed by atoms with Crippen LogP contribution in [0.1, 0.15) is 45.8 Å². The van der Waals surface area contributed by atoms with Crippen molar-refractivity contribution in [2.45, 2.75) is 33.4 Å². The van der Waals surface area contributed by atoms with Crippen LogP contribution in [0.5, 0.6) is 0 Å². The summed E-state index contributed by atoms with van der Waals surface area (Å²) in [7, 11) is 0. The Morgan fingerprint density at radius 2 is 1.77 bits per heavy atom. The number of hydrogen-bond donors (Lipinski definition) is 3. The first-order valence-electron chi connectivity index (χ1n) is 9.55. The first kappa shape index (κ1) is 21.8. The lowest BCUT2D eigenvalue weighted by atomic mass is 10.1. The summed E-state index contributed by atoms with van der Waals surface area (Å²) in [5.41, 5.74) is 9.74. The van der Waals surface area contributed by atoms with Crippen LogP contribution in [0.2, 0.25) is 5.02 Å². The Hall–Kier alpha value is -2.90. The van der Waals surface area contributed by atoms with Gasteiger partial charge in [-0.15, -0.1) is 0 Å². The summed E-state index contributed by atoms with van der Waals surface area (Å²) in [4.78, 5) is 12.4. The van der Waals surface area contributed by atoms with Gasteiger partial charge in [0.05, 0.1) is 29.0 Å². The maximum absolute atomic E-state index is 12.4. The Bertz CT molecular complexity index is 1030. The van der Waals surface area contributed by atoms with E-state index in [2.05, 4.69) is 21.3 Å². The number of carbonyl (C=O) groups is 1. The molecule has 3 aromatic rings. The predicted molar refractivity (Wildman–Crippen MR) is 123 cm³/mol. The molecule has 6 nitrogen and oxygen atoms in total. The Labute approximate surface area is 186 Å². The van der Waals surface area contributed by atoms with Crippen LogP contribution in [0.4, 0.5) is 0 Å². The average molecular weight is 442 g/mol. The molecular formula is C22H24ClN5OS. The Kier molecular flexibility index (Phi) is 7.07. The standard InChI is InChI=1S/C22H24ClN5OS/c1-14(18-7-5-4-6-8-18)24-22(30)26-25-21(29)19-11-9-17(10-12-19)13-28-16(3)20(23)15(2)27-28/h4-12,14H,13H2,1-3H3,(H,25,29)(H2,24,26,30)/t14-/m1/s1. The molecule has 0 spiro atoms. The van der Waals surface area contributed by atoms with Crippen LogP contribution in [0.15, 0.2) is 54.6 Å². The van der Waals surface area contributed by atoms with Gasteiger partial charge in [-0.2, -0.15) is 5.10 Å². The third kappa shape index (κ3) is 5.37. The lowest BCUT2D eigenvalue weighted by Crippen LogP contribution is -2.47. The number of nitrogens with one attached hydrogen (secondary N) is 3. The first-order chi connectivity index (χ1) is 14.3. The van der Waals surface area contributed by atoms with Crippen molar-refractivity contribution in [1.82, 2.24) is 25.9 Å². The highest BCUT2D eigenvalue weighted by atomic mass is 35.5. The molecule has 3 N–H and O–H groups in total. The van der Waals surface area contributed by atoms with Gasteiger partial charge in [0, 0.05) is 5.56 Å². The van der Waals surface area contributed by atoms with Crippen LogP contribution < -0.4 is 16.2 Å².